The molecule has 1 aromatic rings. The molecule has 4 heteroatoms. The molecule has 4 nitrogen and oxygen atoms in total. The van der Waals surface area contributed by atoms with E-state index in [0.29, 0.717) is 11.9 Å². The summed E-state index contributed by atoms with van der Waals surface area (Å²) in [6.45, 7) is 2.71. The molecule has 1 aliphatic rings. The topological polar surface area (TPSA) is 50.9 Å². The Balaban J connectivity index is 1.97. The molecule has 1 unspecified atom stereocenters. The molecule has 0 aromatic heterocycles. The Labute approximate surface area is 102 Å². The summed E-state index contributed by atoms with van der Waals surface area (Å²) in [5.41, 5.74) is 6.91. The predicted octanol–water partition coefficient (Wildman–Crippen LogP) is 1.60. The Morgan fingerprint density at radius 2 is 2.24 bits per heavy atom. The molecule has 0 aliphatic carbocycles. The second-order valence-electron chi connectivity index (χ2n) is 4.36. The van der Waals surface area contributed by atoms with E-state index in [1.165, 1.54) is 0 Å². The average Bonchev–Trinajstić information content (AvgIpc) is 2.79. The van der Waals surface area contributed by atoms with Crippen molar-refractivity contribution >= 4 is 11.6 Å². The molecule has 1 aromatic carbocycles. The van der Waals surface area contributed by atoms with Gasteiger partial charge in [0.2, 0.25) is 0 Å². The van der Waals surface area contributed by atoms with E-state index in [0.717, 1.165) is 31.8 Å². The number of methoxy groups -OCH3 is 1. The first-order valence-electron chi connectivity index (χ1n) is 5.92. The van der Waals surface area contributed by atoms with Gasteiger partial charge in [0.25, 0.3) is 0 Å². The lowest BCUT2D eigenvalue weighted by molar-refractivity contribution is 0.157. The number of hydrogen-bond donors (Lipinski definition) is 1. The highest BCUT2D eigenvalue weighted by Gasteiger charge is 2.23. The third-order valence-corrected chi connectivity index (χ3v) is 3.01. The van der Waals surface area contributed by atoms with Crippen LogP contribution < -0.4 is 5.73 Å². The van der Waals surface area contributed by atoms with Crippen molar-refractivity contribution in [2.45, 2.75) is 6.42 Å². The molecule has 1 saturated heterocycles. The Morgan fingerprint density at radius 3 is 2.94 bits per heavy atom. The number of rotatable bonds is 3. The van der Waals surface area contributed by atoms with Gasteiger partial charge >= 0.3 is 0 Å². The van der Waals surface area contributed by atoms with E-state index in [-0.39, 0.29) is 0 Å². The first kappa shape index (κ1) is 11.9. The van der Waals surface area contributed by atoms with Crippen LogP contribution in [0, 0.1) is 5.92 Å². The molecule has 2 N–H and O–H groups in total. The predicted molar refractivity (Wildman–Crippen MR) is 69.3 cm³/mol. The molecule has 0 saturated carbocycles. The van der Waals surface area contributed by atoms with Crippen LogP contribution in [0.5, 0.6) is 0 Å². The van der Waals surface area contributed by atoms with Crippen molar-refractivity contribution in [2.75, 3.05) is 26.8 Å². The van der Waals surface area contributed by atoms with Crippen LogP contribution in [0.25, 0.3) is 0 Å². The smallest absolute Gasteiger partial charge is 0.196 e. The van der Waals surface area contributed by atoms with Gasteiger partial charge in [0.1, 0.15) is 0 Å². The lowest BCUT2D eigenvalue weighted by Crippen LogP contribution is -2.35. The lowest BCUT2D eigenvalue weighted by atomic mass is 10.1. The molecule has 1 atom stereocenters. The number of guanidine groups is 1. The molecule has 2 rings (SSSR count). The summed E-state index contributed by atoms with van der Waals surface area (Å²) in [6, 6.07) is 9.80. The highest BCUT2D eigenvalue weighted by Crippen LogP contribution is 2.17. The minimum Gasteiger partial charge on any atom is -0.384 e. The van der Waals surface area contributed by atoms with E-state index in [9.17, 15) is 0 Å². The first-order valence-corrected chi connectivity index (χ1v) is 5.92. The second kappa shape index (κ2) is 5.68. The third kappa shape index (κ3) is 3.20. The van der Waals surface area contributed by atoms with E-state index in [4.69, 9.17) is 10.5 Å². The molecular weight excluding hydrogens is 214 g/mol. The maximum Gasteiger partial charge on any atom is 0.196 e. The maximum absolute atomic E-state index is 6.00. The minimum atomic E-state index is 0.574. The Kier molecular flexibility index (Phi) is 3.98. The van der Waals surface area contributed by atoms with Crippen LogP contribution in [0.15, 0.2) is 35.3 Å². The van der Waals surface area contributed by atoms with Gasteiger partial charge in [-0.05, 0) is 18.6 Å². The van der Waals surface area contributed by atoms with Crippen LogP contribution in [-0.4, -0.2) is 37.7 Å². The van der Waals surface area contributed by atoms with Crippen molar-refractivity contribution < 1.29 is 4.74 Å². The van der Waals surface area contributed by atoms with Crippen LogP contribution >= 0.6 is 0 Å². The van der Waals surface area contributed by atoms with Crippen molar-refractivity contribution in [1.82, 2.24) is 4.90 Å². The fourth-order valence-corrected chi connectivity index (χ4v) is 2.12. The molecule has 1 fully saturated rings. The molecule has 0 bridgehead atoms. The number of ether oxygens (including phenoxy) is 1. The van der Waals surface area contributed by atoms with Gasteiger partial charge in [-0.2, -0.15) is 0 Å². The summed E-state index contributed by atoms with van der Waals surface area (Å²) in [4.78, 5) is 6.54. The summed E-state index contributed by atoms with van der Waals surface area (Å²) in [5.74, 6) is 1.18. The van der Waals surface area contributed by atoms with Crippen LogP contribution in [0.1, 0.15) is 6.42 Å². The monoisotopic (exact) mass is 233 g/mol. The minimum absolute atomic E-state index is 0.574. The van der Waals surface area contributed by atoms with Gasteiger partial charge in [0.05, 0.1) is 12.3 Å². The number of benzene rings is 1. The fraction of sp³-hybridized carbons (Fsp3) is 0.462. The molecule has 0 spiro atoms. The Morgan fingerprint density at radius 1 is 1.47 bits per heavy atom. The zero-order chi connectivity index (χ0) is 12.1. The fourth-order valence-electron chi connectivity index (χ4n) is 2.12. The molecule has 92 valence electrons. The second-order valence-corrected chi connectivity index (χ2v) is 4.36. The normalized spacial score (nSPS) is 20.9. The first-order chi connectivity index (χ1) is 8.29. The molecule has 0 radical (unpaired) electrons. The van der Waals surface area contributed by atoms with Crippen molar-refractivity contribution in [2.24, 2.45) is 16.6 Å². The van der Waals surface area contributed by atoms with Crippen LogP contribution in [-0.2, 0) is 4.74 Å². The summed E-state index contributed by atoms with van der Waals surface area (Å²) >= 11 is 0. The zero-order valence-electron chi connectivity index (χ0n) is 10.2. The van der Waals surface area contributed by atoms with Gasteiger partial charge in [0.15, 0.2) is 5.96 Å². The van der Waals surface area contributed by atoms with Crippen LogP contribution in [0.4, 0.5) is 5.69 Å². The molecule has 0 amide bonds. The van der Waals surface area contributed by atoms with Crippen LogP contribution in [0.3, 0.4) is 0 Å². The van der Waals surface area contributed by atoms with Gasteiger partial charge in [0, 0.05) is 26.1 Å². The van der Waals surface area contributed by atoms with Crippen molar-refractivity contribution in [3.63, 3.8) is 0 Å². The van der Waals surface area contributed by atoms with Crippen molar-refractivity contribution in [3.8, 4) is 0 Å². The lowest BCUT2D eigenvalue weighted by Gasteiger charge is -2.17. The number of nitrogens with zero attached hydrogens (tertiary/aromatic N) is 2. The quantitative estimate of drug-likeness (QED) is 0.637. The zero-order valence-corrected chi connectivity index (χ0v) is 10.2. The standard InChI is InChI=1S/C13H19N3O/c1-17-10-11-7-8-16(9-11)13(14)15-12-5-3-2-4-6-12/h2-6,11H,7-10H2,1H3,(H2,14,15). The summed E-state index contributed by atoms with van der Waals surface area (Å²) in [7, 11) is 1.74. The highest BCUT2D eigenvalue weighted by molar-refractivity contribution is 5.81. The molecule has 1 heterocycles. The van der Waals surface area contributed by atoms with Crippen molar-refractivity contribution in [3.05, 3.63) is 30.3 Å². The van der Waals surface area contributed by atoms with Gasteiger partial charge < -0.3 is 15.4 Å². The number of aliphatic imine (C=N–C) groups is 1. The number of likely N-dealkylation sites (tertiary alicyclic amines) is 1. The highest BCUT2D eigenvalue weighted by atomic mass is 16.5. The van der Waals surface area contributed by atoms with Crippen molar-refractivity contribution in [1.29, 1.82) is 0 Å². The summed E-state index contributed by atoms with van der Waals surface area (Å²) in [6.07, 6.45) is 1.12. The molecule has 1 aliphatic heterocycles. The number of nitrogens with two attached hydrogens (primary N) is 1. The van der Waals surface area contributed by atoms with E-state index in [2.05, 4.69) is 9.89 Å². The number of para-hydroxylation sites is 1. The van der Waals surface area contributed by atoms with E-state index in [1.54, 1.807) is 7.11 Å². The van der Waals surface area contributed by atoms with Gasteiger partial charge in [-0.1, -0.05) is 18.2 Å². The largest absolute Gasteiger partial charge is 0.384 e. The van der Waals surface area contributed by atoms with Gasteiger partial charge in [-0.25, -0.2) is 4.99 Å². The average molecular weight is 233 g/mol. The number of hydrogen-bond acceptors (Lipinski definition) is 2. The van der Waals surface area contributed by atoms with E-state index < -0.39 is 0 Å². The van der Waals surface area contributed by atoms with Gasteiger partial charge in [-0.3, -0.25) is 0 Å². The molecular formula is C13H19N3O. The molecule has 17 heavy (non-hydrogen) atoms. The SMILES string of the molecule is COCC1CCN(C(N)=Nc2ccccc2)C1. The van der Waals surface area contributed by atoms with E-state index >= 15 is 0 Å². The third-order valence-electron chi connectivity index (χ3n) is 3.01. The Bertz CT molecular complexity index is 378. The summed E-state index contributed by atoms with van der Waals surface area (Å²) < 4.78 is 5.16. The maximum atomic E-state index is 6.00. The Hall–Kier alpha value is -1.55. The van der Waals surface area contributed by atoms with Gasteiger partial charge in [-0.15, -0.1) is 0 Å². The summed E-state index contributed by atoms with van der Waals surface area (Å²) in [5, 5.41) is 0. The van der Waals surface area contributed by atoms with Crippen LogP contribution in [0.2, 0.25) is 0 Å². The van der Waals surface area contributed by atoms with E-state index in [1.807, 2.05) is 30.3 Å².